The first kappa shape index (κ1) is 18.0. The first-order chi connectivity index (χ1) is 11.3. The van der Waals surface area contributed by atoms with Crippen LogP contribution >= 0.6 is 0 Å². The fraction of sp³-hybridized carbons (Fsp3) is 0.278. The lowest BCUT2D eigenvalue weighted by Crippen LogP contribution is -2.28. The first-order valence-corrected chi connectivity index (χ1v) is 9.41. The highest BCUT2D eigenvalue weighted by Gasteiger charge is 2.13. The molecule has 0 fully saturated rings. The van der Waals surface area contributed by atoms with Gasteiger partial charge in [-0.2, -0.15) is 0 Å². The van der Waals surface area contributed by atoms with Crippen molar-refractivity contribution in [2.75, 3.05) is 13.4 Å². The number of methoxy groups -OCH3 is 1. The maximum absolute atomic E-state index is 12.2. The van der Waals surface area contributed by atoms with Crippen molar-refractivity contribution in [3.05, 3.63) is 59.7 Å². The number of rotatable bonds is 6. The molecule has 0 aliphatic rings. The maximum Gasteiger partial charge on any atom is 0.225 e. The van der Waals surface area contributed by atoms with E-state index in [1.807, 2.05) is 31.2 Å². The van der Waals surface area contributed by atoms with E-state index in [1.54, 1.807) is 31.4 Å². The average molecular weight is 347 g/mol. The Balaban J connectivity index is 2.03. The minimum atomic E-state index is -3.22. The van der Waals surface area contributed by atoms with Gasteiger partial charge in [-0.05, 0) is 30.7 Å². The number of carbonyl (C=O) groups is 1. The Hall–Kier alpha value is -2.34. The Morgan fingerprint density at radius 3 is 2.33 bits per heavy atom. The standard InChI is InChI=1S/C18H21NO4S/c1-13(14-8-10-16(11-9-14)24(3,21)22)19-18(20)12-15-6-4-5-7-17(15)23-2/h4-11,13H,12H2,1-3H3,(H,19,20). The SMILES string of the molecule is COc1ccccc1CC(=O)NC(C)c1ccc(S(C)(=O)=O)cc1. The number of para-hydroxylation sites is 1. The van der Waals surface area contributed by atoms with Crippen LogP contribution in [-0.4, -0.2) is 27.7 Å². The van der Waals surface area contributed by atoms with Gasteiger partial charge in [-0.15, -0.1) is 0 Å². The molecule has 1 atom stereocenters. The highest BCUT2D eigenvalue weighted by atomic mass is 32.2. The van der Waals surface area contributed by atoms with Gasteiger partial charge in [0, 0.05) is 11.8 Å². The van der Waals surface area contributed by atoms with Crippen LogP contribution in [0.2, 0.25) is 0 Å². The van der Waals surface area contributed by atoms with Crippen LogP contribution in [0.5, 0.6) is 5.75 Å². The van der Waals surface area contributed by atoms with Gasteiger partial charge in [-0.1, -0.05) is 30.3 Å². The molecule has 1 N–H and O–H groups in total. The van der Waals surface area contributed by atoms with E-state index < -0.39 is 9.84 Å². The fourth-order valence-electron chi connectivity index (χ4n) is 2.40. The van der Waals surface area contributed by atoms with Crippen molar-refractivity contribution < 1.29 is 17.9 Å². The van der Waals surface area contributed by atoms with Crippen LogP contribution in [0.4, 0.5) is 0 Å². The zero-order chi connectivity index (χ0) is 17.7. The summed E-state index contributed by atoms with van der Waals surface area (Å²) in [6, 6.07) is 13.7. The molecule has 0 bridgehead atoms. The van der Waals surface area contributed by atoms with Gasteiger partial charge in [-0.25, -0.2) is 8.42 Å². The predicted molar refractivity (Wildman–Crippen MR) is 92.8 cm³/mol. The van der Waals surface area contributed by atoms with E-state index in [1.165, 1.54) is 6.26 Å². The summed E-state index contributed by atoms with van der Waals surface area (Å²) in [7, 11) is -1.65. The summed E-state index contributed by atoms with van der Waals surface area (Å²) in [5.41, 5.74) is 1.66. The van der Waals surface area contributed by atoms with Gasteiger partial charge >= 0.3 is 0 Å². The van der Waals surface area contributed by atoms with Gasteiger partial charge in [0.15, 0.2) is 9.84 Å². The molecule has 2 aromatic rings. The summed E-state index contributed by atoms with van der Waals surface area (Å²) >= 11 is 0. The molecule has 0 aliphatic carbocycles. The van der Waals surface area contributed by atoms with E-state index in [4.69, 9.17) is 4.74 Å². The molecule has 0 radical (unpaired) electrons. The molecule has 128 valence electrons. The van der Waals surface area contributed by atoms with E-state index in [2.05, 4.69) is 5.32 Å². The van der Waals surface area contributed by atoms with Crippen molar-refractivity contribution >= 4 is 15.7 Å². The molecule has 0 saturated carbocycles. The fourth-order valence-corrected chi connectivity index (χ4v) is 3.03. The number of benzene rings is 2. The van der Waals surface area contributed by atoms with E-state index in [9.17, 15) is 13.2 Å². The number of amides is 1. The van der Waals surface area contributed by atoms with Gasteiger partial charge in [0.2, 0.25) is 5.91 Å². The summed E-state index contributed by atoms with van der Waals surface area (Å²) in [4.78, 5) is 12.5. The molecule has 5 nitrogen and oxygen atoms in total. The van der Waals surface area contributed by atoms with Crippen molar-refractivity contribution in [1.82, 2.24) is 5.32 Å². The second kappa shape index (κ2) is 7.49. The molecular formula is C18H21NO4S. The summed E-state index contributed by atoms with van der Waals surface area (Å²) in [5.74, 6) is 0.553. The zero-order valence-electron chi connectivity index (χ0n) is 13.9. The Morgan fingerprint density at radius 2 is 1.75 bits per heavy atom. The Labute approximate surface area is 142 Å². The molecule has 24 heavy (non-hydrogen) atoms. The van der Waals surface area contributed by atoms with Crippen LogP contribution < -0.4 is 10.1 Å². The molecule has 2 rings (SSSR count). The van der Waals surface area contributed by atoms with Crippen LogP contribution in [0.1, 0.15) is 24.1 Å². The lowest BCUT2D eigenvalue weighted by Gasteiger charge is -2.15. The minimum Gasteiger partial charge on any atom is -0.496 e. The highest BCUT2D eigenvalue weighted by molar-refractivity contribution is 7.90. The number of ether oxygens (including phenoxy) is 1. The normalized spacial score (nSPS) is 12.5. The largest absolute Gasteiger partial charge is 0.496 e. The Morgan fingerprint density at radius 1 is 1.12 bits per heavy atom. The summed E-state index contributed by atoms with van der Waals surface area (Å²) < 4.78 is 28.2. The van der Waals surface area contributed by atoms with Crippen molar-refractivity contribution in [2.24, 2.45) is 0 Å². The van der Waals surface area contributed by atoms with Crippen molar-refractivity contribution in [1.29, 1.82) is 0 Å². The molecule has 1 unspecified atom stereocenters. The zero-order valence-corrected chi connectivity index (χ0v) is 14.8. The number of nitrogens with one attached hydrogen (secondary N) is 1. The lowest BCUT2D eigenvalue weighted by molar-refractivity contribution is -0.121. The molecule has 0 heterocycles. The second-order valence-electron chi connectivity index (χ2n) is 5.62. The van der Waals surface area contributed by atoms with E-state index in [-0.39, 0.29) is 23.3 Å². The molecule has 2 aromatic carbocycles. The van der Waals surface area contributed by atoms with Crippen molar-refractivity contribution in [2.45, 2.75) is 24.3 Å². The van der Waals surface area contributed by atoms with Gasteiger partial charge in [0.1, 0.15) is 5.75 Å². The molecule has 0 spiro atoms. The maximum atomic E-state index is 12.2. The highest BCUT2D eigenvalue weighted by Crippen LogP contribution is 2.19. The van der Waals surface area contributed by atoms with Gasteiger partial charge in [0.05, 0.1) is 24.5 Å². The quantitative estimate of drug-likeness (QED) is 0.871. The van der Waals surface area contributed by atoms with Crippen LogP contribution in [0.3, 0.4) is 0 Å². The van der Waals surface area contributed by atoms with E-state index >= 15 is 0 Å². The summed E-state index contributed by atoms with van der Waals surface area (Å²) in [6.07, 6.45) is 1.39. The number of sulfone groups is 1. The van der Waals surface area contributed by atoms with Crippen LogP contribution in [0.25, 0.3) is 0 Å². The van der Waals surface area contributed by atoms with E-state index in [0.29, 0.717) is 5.75 Å². The molecular weight excluding hydrogens is 326 g/mol. The van der Waals surface area contributed by atoms with Crippen LogP contribution in [0, 0.1) is 0 Å². The second-order valence-corrected chi connectivity index (χ2v) is 7.63. The monoisotopic (exact) mass is 347 g/mol. The van der Waals surface area contributed by atoms with Gasteiger partial charge in [-0.3, -0.25) is 4.79 Å². The smallest absolute Gasteiger partial charge is 0.225 e. The van der Waals surface area contributed by atoms with Gasteiger partial charge in [0.25, 0.3) is 0 Å². The van der Waals surface area contributed by atoms with Crippen molar-refractivity contribution in [3.8, 4) is 5.75 Å². The molecule has 0 aromatic heterocycles. The number of hydrogen-bond acceptors (Lipinski definition) is 4. The van der Waals surface area contributed by atoms with Crippen LogP contribution in [-0.2, 0) is 21.1 Å². The minimum absolute atomic E-state index is 0.126. The number of hydrogen-bond donors (Lipinski definition) is 1. The average Bonchev–Trinajstić information content (AvgIpc) is 2.54. The van der Waals surface area contributed by atoms with Crippen LogP contribution in [0.15, 0.2) is 53.4 Å². The molecule has 6 heteroatoms. The molecule has 0 aliphatic heterocycles. The molecule has 0 saturated heterocycles. The Bertz CT molecular complexity index is 813. The number of carbonyl (C=O) groups excluding carboxylic acids is 1. The lowest BCUT2D eigenvalue weighted by atomic mass is 10.1. The Kier molecular flexibility index (Phi) is 5.62. The third kappa shape index (κ3) is 4.58. The summed E-state index contributed by atoms with van der Waals surface area (Å²) in [6.45, 7) is 1.86. The van der Waals surface area contributed by atoms with Gasteiger partial charge < -0.3 is 10.1 Å². The third-order valence-electron chi connectivity index (χ3n) is 3.73. The van der Waals surface area contributed by atoms with Crippen molar-refractivity contribution in [3.63, 3.8) is 0 Å². The first-order valence-electron chi connectivity index (χ1n) is 7.52. The topological polar surface area (TPSA) is 72.5 Å². The summed E-state index contributed by atoms with van der Waals surface area (Å²) in [5, 5.41) is 2.91. The predicted octanol–water partition coefficient (Wildman–Crippen LogP) is 2.52. The molecule has 1 amide bonds. The third-order valence-corrected chi connectivity index (χ3v) is 4.86. The van der Waals surface area contributed by atoms with E-state index in [0.717, 1.165) is 11.1 Å².